The lowest BCUT2D eigenvalue weighted by atomic mass is 9.93. The fraction of sp³-hybridized carbons (Fsp3) is 0.667. The van der Waals surface area contributed by atoms with E-state index in [-0.39, 0.29) is 0 Å². The fourth-order valence-corrected chi connectivity index (χ4v) is 1.90. The largest absolute Gasteiger partial charge is 0.299 e. The van der Waals surface area contributed by atoms with Gasteiger partial charge in [0.15, 0.2) is 0 Å². The number of hydrogen-bond donors (Lipinski definition) is 0. The first kappa shape index (κ1) is 10.5. The Morgan fingerprint density at radius 1 is 1.54 bits per heavy atom. The van der Waals surface area contributed by atoms with Crippen molar-refractivity contribution >= 4 is 0 Å². The maximum absolute atomic E-state index is 2.44. The van der Waals surface area contributed by atoms with E-state index in [2.05, 4.69) is 44.9 Å². The van der Waals surface area contributed by atoms with Crippen LogP contribution >= 0.6 is 0 Å². The second-order valence-corrected chi connectivity index (χ2v) is 3.95. The van der Waals surface area contributed by atoms with Crippen LogP contribution in [0.5, 0.6) is 0 Å². The molecule has 13 heavy (non-hydrogen) atoms. The lowest BCUT2D eigenvalue weighted by Crippen LogP contribution is -2.35. The molecule has 0 fully saturated rings. The number of nitrogens with zero attached hydrogens (tertiary/aromatic N) is 1. The summed E-state index contributed by atoms with van der Waals surface area (Å²) in [4.78, 5) is 2.44. The van der Waals surface area contributed by atoms with Gasteiger partial charge in [-0.05, 0) is 39.3 Å². The van der Waals surface area contributed by atoms with Crippen molar-refractivity contribution in [2.24, 2.45) is 0 Å². The van der Waals surface area contributed by atoms with Crippen LogP contribution in [0.2, 0.25) is 0 Å². The molecule has 0 radical (unpaired) electrons. The smallest absolute Gasteiger partial charge is 0.0198 e. The molecule has 1 heteroatoms. The molecule has 0 bridgehead atoms. The van der Waals surface area contributed by atoms with Crippen molar-refractivity contribution in [2.45, 2.75) is 39.7 Å². The van der Waals surface area contributed by atoms with Gasteiger partial charge in [-0.2, -0.15) is 0 Å². The Labute approximate surface area is 82.1 Å². The molecule has 74 valence electrons. The highest BCUT2D eigenvalue weighted by atomic mass is 15.1. The van der Waals surface area contributed by atoms with Crippen molar-refractivity contribution in [3.8, 4) is 0 Å². The first-order valence-corrected chi connectivity index (χ1v) is 5.22. The van der Waals surface area contributed by atoms with Gasteiger partial charge in [-0.25, -0.2) is 0 Å². The molecule has 0 aromatic heterocycles. The Morgan fingerprint density at radius 3 is 2.77 bits per heavy atom. The van der Waals surface area contributed by atoms with Crippen LogP contribution in [0.3, 0.4) is 0 Å². The van der Waals surface area contributed by atoms with E-state index in [9.17, 15) is 0 Å². The summed E-state index contributed by atoms with van der Waals surface area (Å²) in [6.45, 7) is 7.80. The third-order valence-electron chi connectivity index (χ3n) is 2.96. The van der Waals surface area contributed by atoms with Crippen LogP contribution in [0.25, 0.3) is 0 Å². The summed E-state index contributed by atoms with van der Waals surface area (Å²) in [6.07, 6.45) is 6.84. The first-order valence-electron chi connectivity index (χ1n) is 5.22. The molecule has 1 aliphatic heterocycles. The lowest BCUT2D eigenvalue weighted by molar-refractivity contribution is 0.260. The molecular formula is C12H21N. The average Bonchev–Trinajstić information content (AvgIpc) is 2.11. The maximum atomic E-state index is 2.44. The van der Waals surface area contributed by atoms with Crippen LogP contribution in [0.15, 0.2) is 23.3 Å². The number of rotatable bonds is 2. The summed E-state index contributed by atoms with van der Waals surface area (Å²) < 4.78 is 0. The number of likely N-dealkylation sites (N-methyl/N-ethyl adjacent to an activating group) is 1. The van der Waals surface area contributed by atoms with Crippen molar-refractivity contribution in [3.05, 3.63) is 23.3 Å². The topological polar surface area (TPSA) is 3.24 Å². The van der Waals surface area contributed by atoms with Gasteiger partial charge in [-0.1, -0.05) is 24.6 Å². The minimum atomic E-state index is 0.696. The van der Waals surface area contributed by atoms with E-state index in [1.165, 1.54) is 12.8 Å². The van der Waals surface area contributed by atoms with E-state index in [0.717, 1.165) is 6.54 Å². The normalized spacial score (nSPS) is 26.0. The standard InChI is InChI=1S/C12H21N/c1-5-7-12-8-10(3)13(4)9-11(12)6-2/h5,7,10H,6,8-9H2,1-4H3. The summed E-state index contributed by atoms with van der Waals surface area (Å²) in [6, 6.07) is 0.696. The second kappa shape index (κ2) is 4.61. The average molecular weight is 179 g/mol. The molecule has 0 aromatic rings. The van der Waals surface area contributed by atoms with Crippen molar-refractivity contribution in [1.82, 2.24) is 4.90 Å². The zero-order valence-corrected chi connectivity index (χ0v) is 9.30. The first-order chi connectivity index (χ1) is 6.19. The Bertz CT molecular complexity index is 225. The molecule has 0 spiro atoms. The van der Waals surface area contributed by atoms with Crippen molar-refractivity contribution in [3.63, 3.8) is 0 Å². The summed E-state index contributed by atoms with van der Waals surface area (Å²) in [5, 5.41) is 0. The molecule has 0 N–H and O–H groups in total. The highest BCUT2D eigenvalue weighted by Crippen LogP contribution is 2.24. The monoisotopic (exact) mass is 179 g/mol. The van der Waals surface area contributed by atoms with Crippen LogP contribution in [0, 0.1) is 0 Å². The van der Waals surface area contributed by atoms with E-state index in [1.807, 2.05) is 0 Å². The molecule has 1 unspecified atom stereocenters. The Kier molecular flexibility index (Phi) is 3.73. The second-order valence-electron chi connectivity index (χ2n) is 3.95. The predicted octanol–water partition coefficient (Wildman–Crippen LogP) is 2.99. The van der Waals surface area contributed by atoms with E-state index >= 15 is 0 Å². The zero-order valence-electron chi connectivity index (χ0n) is 9.30. The van der Waals surface area contributed by atoms with Crippen LogP contribution in [-0.2, 0) is 0 Å². The molecule has 0 saturated carbocycles. The van der Waals surface area contributed by atoms with E-state index in [0.29, 0.717) is 6.04 Å². The SMILES string of the molecule is CC=CC1=C(CC)CN(C)C(C)C1. The number of hydrogen-bond acceptors (Lipinski definition) is 1. The molecule has 1 nitrogen and oxygen atoms in total. The van der Waals surface area contributed by atoms with E-state index < -0.39 is 0 Å². The molecule has 1 heterocycles. The molecule has 0 aromatic carbocycles. The molecule has 1 atom stereocenters. The summed E-state index contributed by atoms with van der Waals surface area (Å²) in [5.41, 5.74) is 3.18. The summed E-state index contributed by atoms with van der Waals surface area (Å²) in [7, 11) is 2.22. The minimum Gasteiger partial charge on any atom is -0.299 e. The third kappa shape index (κ3) is 2.44. The van der Waals surface area contributed by atoms with Gasteiger partial charge < -0.3 is 0 Å². The van der Waals surface area contributed by atoms with E-state index in [1.54, 1.807) is 11.1 Å². The van der Waals surface area contributed by atoms with Crippen LogP contribution in [0.1, 0.15) is 33.6 Å². The van der Waals surface area contributed by atoms with Gasteiger partial charge in [-0.15, -0.1) is 0 Å². The van der Waals surface area contributed by atoms with Gasteiger partial charge in [0.05, 0.1) is 0 Å². The predicted molar refractivity (Wildman–Crippen MR) is 58.8 cm³/mol. The Balaban J connectivity index is 2.84. The molecule has 0 amide bonds. The molecule has 0 aliphatic carbocycles. The maximum Gasteiger partial charge on any atom is 0.0198 e. The van der Waals surface area contributed by atoms with Crippen molar-refractivity contribution < 1.29 is 0 Å². The minimum absolute atomic E-state index is 0.696. The van der Waals surface area contributed by atoms with Crippen molar-refractivity contribution in [2.75, 3.05) is 13.6 Å². The molecule has 0 saturated heterocycles. The Morgan fingerprint density at radius 2 is 2.23 bits per heavy atom. The van der Waals surface area contributed by atoms with Crippen LogP contribution in [0.4, 0.5) is 0 Å². The zero-order chi connectivity index (χ0) is 9.84. The van der Waals surface area contributed by atoms with Crippen LogP contribution < -0.4 is 0 Å². The van der Waals surface area contributed by atoms with Gasteiger partial charge >= 0.3 is 0 Å². The van der Waals surface area contributed by atoms with Gasteiger partial charge in [-0.3, -0.25) is 4.90 Å². The fourth-order valence-electron chi connectivity index (χ4n) is 1.90. The Hall–Kier alpha value is -0.560. The van der Waals surface area contributed by atoms with Gasteiger partial charge in [0.2, 0.25) is 0 Å². The van der Waals surface area contributed by atoms with Gasteiger partial charge in [0, 0.05) is 12.6 Å². The number of allylic oxidation sites excluding steroid dienone is 2. The summed E-state index contributed by atoms with van der Waals surface area (Å²) >= 11 is 0. The third-order valence-corrected chi connectivity index (χ3v) is 2.96. The lowest BCUT2D eigenvalue weighted by Gasteiger charge is -2.32. The van der Waals surface area contributed by atoms with Gasteiger partial charge in [0.1, 0.15) is 0 Å². The molecule has 1 rings (SSSR count). The van der Waals surface area contributed by atoms with Crippen molar-refractivity contribution in [1.29, 1.82) is 0 Å². The highest BCUT2D eigenvalue weighted by molar-refractivity contribution is 5.29. The quantitative estimate of drug-likeness (QED) is 0.630. The van der Waals surface area contributed by atoms with Crippen LogP contribution in [-0.4, -0.2) is 24.5 Å². The highest BCUT2D eigenvalue weighted by Gasteiger charge is 2.19. The van der Waals surface area contributed by atoms with E-state index in [4.69, 9.17) is 0 Å². The summed E-state index contributed by atoms with van der Waals surface area (Å²) in [5.74, 6) is 0. The molecule has 1 aliphatic rings. The molecular weight excluding hydrogens is 158 g/mol. The van der Waals surface area contributed by atoms with Gasteiger partial charge in [0.25, 0.3) is 0 Å².